The molecule has 3 nitrogen and oxygen atoms in total. The van der Waals surface area contributed by atoms with Gasteiger partial charge in [0, 0.05) is 18.1 Å². The third-order valence-electron chi connectivity index (χ3n) is 4.25. The average Bonchev–Trinajstić information content (AvgIpc) is 2.27. The van der Waals surface area contributed by atoms with Crippen LogP contribution in [-0.4, -0.2) is 48.3 Å². The minimum Gasteiger partial charge on any atom is -0.394 e. The Labute approximate surface area is 107 Å². The molecule has 0 bridgehead atoms. The number of hydrogen-bond acceptors (Lipinski definition) is 3. The largest absolute Gasteiger partial charge is 0.394 e. The van der Waals surface area contributed by atoms with Gasteiger partial charge < -0.3 is 15.3 Å². The molecule has 0 amide bonds. The molecule has 2 N–H and O–H groups in total. The smallest absolute Gasteiger partial charge is 0.0611 e. The third kappa shape index (κ3) is 4.23. The van der Waals surface area contributed by atoms with Gasteiger partial charge in [-0.15, -0.1) is 0 Å². The fourth-order valence-electron chi connectivity index (χ4n) is 2.87. The molecule has 1 heterocycles. The van der Waals surface area contributed by atoms with Crippen LogP contribution in [0.15, 0.2) is 0 Å². The molecular weight excluding hydrogens is 212 g/mol. The first-order chi connectivity index (χ1) is 7.82. The lowest BCUT2D eigenvalue weighted by Crippen LogP contribution is -2.52. The second-order valence-corrected chi connectivity index (χ2v) is 6.76. The Kier molecular flexibility index (Phi) is 4.99. The molecule has 1 aliphatic rings. The van der Waals surface area contributed by atoms with Crippen molar-refractivity contribution in [2.24, 2.45) is 5.41 Å². The number of likely N-dealkylation sites (N-methyl/N-ethyl adjacent to an activating group) is 1. The lowest BCUT2D eigenvalue weighted by molar-refractivity contribution is 0.0588. The number of piperidine rings is 1. The second kappa shape index (κ2) is 5.68. The summed E-state index contributed by atoms with van der Waals surface area (Å²) in [6.07, 6.45) is 3.63. The number of hydrogen-bond donors (Lipinski definition) is 2. The van der Waals surface area contributed by atoms with E-state index < -0.39 is 0 Å². The van der Waals surface area contributed by atoms with Crippen molar-refractivity contribution in [2.45, 2.75) is 58.5 Å². The van der Waals surface area contributed by atoms with Crippen LogP contribution in [0, 0.1) is 5.41 Å². The van der Waals surface area contributed by atoms with Crippen LogP contribution in [0.5, 0.6) is 0 Å². The molecule has 0 saturated carbocycles. The van der Waals surface area contributed by atoms with Crippen molar-refractivity contribution in [3.63, 3.8) is 0 Å². The summed E-state index contributed by atoms with van der Waals surface area (Å²) in [5, 5.41) is 12.7. The van der Waals surface area contributed by atoms with Crippen molar-refractivity contribution in [1.82, 2.24) is 10.2 Å². The lowest BCUT2D eigenvalue weighted by Gasteiger charge is -2.43. The van der Waals surface area contributed by atoms with Crippen LogP contribution in [0.2, 0.25) is 0 Å². The minimum atomic E-state index is -0.152. The minimum absolute atomic E-state index is 0.152. The van der Waals surface area contributed by atoms with Crippen LogP contribution >= 0.6 is 0 Å². The highest BCUT2D eigenvalue weighted by Gasteiger charge is 2.32. The van der Waals surface area contributed by atoms with Gasteiger partial charge in [-0.1, -0.05) is 13.8 Å². The van der Waals surface area contributed by atoms with Crippen molar-refractivity contribution in [3.8, 4) is 0 Å². The molecule has 0 radical (unpaired) electrons. The first-order valence-corrected chi connectivity index (χ1v) is 6.86. The number of aliphatic hydroxyl groups excluding tert-OH is 1. The Morgan fingerprint density at radius 1 is 1.47 bits per heavy atom. The molecule has 0 aromatic heterocycles. The summed E-state index contributed by atoms with van der Waals surface area (Å²) in [6, 6.07) is 0.527. The molecule has 0 spiro atoms. The van der Waals surface area contributed by atoms with Gasteiger partial charge in [-0.2, -0.15) is 0 Å². The van der Waals surface area contributed by atoms with Crippen LogP contribution in [0.4, 0.5) is 0 Å². The van der Waals surface area contributed by atoms with E-state index in [-0.39, 0.29) is 12.1 Å². The van der Waals surface area contributed by atoms with Crippen LogP contribution in [-0.2, 0) is 0 Å². The first-order valence-electron chi connectivity index (χ1n) is 6.86. The molecule has 17 heavy (non-hydrogen) atoms. The van der Waals surface area contributed by atoms with Gasteiger partial charge in [0.05, 0.1) is 6.61 Å². The van der Waals surface area contributed by atoms with Crippen molar-refractivity contribution >= 4 is 0 Å². The van der Waals surface area contributed by atoms with Gasteiger partial charge in [0.1, 0.15) is 0 Å². The van der Waals surface area contributed by atoms with Gasteiger partial charge >= 0.3 is 0 Å². The maximum Gasteiger partial charge on any atom is 0.0611 e. The zero-order chi connectivity index (χ0) is 13.1. The maximum absolute atomic E-state index is 9.45. The summed E-state index contributed by atoms with van der Waals surface area (Å²) in [7, 11) is 1.93. The summed E-state index contributed by atoms with van der Waals surface area (Å²) < 4.78 is 0. The molecule has 2 atom stereocenters. The molecule has 102 valence electrons. The van der Waals surface area contributed by atoms with Gasteiger partial charge in [-0.05, 0) is 52.1 Å². The van der Waals surface area contributed by atoms with E-state index in [2.05, 4.69) is 37.9 Å². The fourth-order valence-corrected chi connectivity index (χ4v) is 2.87. The summed E-state index contributed by atoms with van der Waals surface area (Å²) in [4.78, 5) is 2.58. The zero-order valence-electron chi connectivity index (χ0n) is 12.2. The van der Waals surface area contributed by atoms with E-state index in [1.54, 1.807) is 0 Å². The highest BCUT2D eigenvalue weighted by Crippen LogP contribution is 2.30. The molecule has 0 aromatic carbocycles. The van der Waals surface area contributed by atoms with Crippen LogP contribution in [0.1, 0.15) is 47.0 Å². The van der Waals surface area contributed by atoms with E-state index in [0.29, 0.717) is 11.5 Å². The van der Waals surface area contributed by atoms with Crippen LogP contribution < -0.4 is 5.32 Å². The van der Waals surface area contributed by atoms with Gasteiger partial charge in [0.15, 0.2) is 0 Å². The van der Waals surface area contributed by atoms with Crippen LogP contribution in [0.3, 0.4) is 0 Å². The predicted molar refractivity (Wildman–Crippen MR) is 73.2 cm³/mol. The summed E-state index contributed by atoms with van der Waals surface area (Å²) in [6.45, 7) is 11.7. The Balaban J connectivity index is 2.55. The van der Waals surface area contributed by atoms with Crippen LogP contribution in [0.25, 0.3) is 0 Å². The van der Waals surface area contributed by atoms with Crippen molar-refractivity contribution < 1.29 is 5.11 Å². The molecule has 1 fully saturated rings. The van der Waals surface area contributed by atoms with E-state index in [1.165, 1.54) is 25.9 Å². The van der Waals surface area contributed by atoms with Gasteiger partial charge in [0.25, 0.3) is 0 Å². The summed E-state index contributed by atoms with van der Waals surface area (Å²) >= 11 is 0. The Bertz CT molecular complexity index is 236. The maximum atomic E-state index is 9.45. The van der Waals surface area contributed by atoms with Crippen molar-refractivity contribution in [1.29, 1.82) is 0 Å². The molecule has 0 aliphatic carbocycles. The molecule has 0 aromatic rings. The topological polar surface area (TPSA) is 35.5 Å². The SMILES string of the molecule is CNC(C)(CO)CC(C)N1CCCC(C)(C)C1. The van der Waals surface area contributed by atoms with Crippen molar-refractivity contribution in [2.75, 3.05) is 26.7 Å². The van der Waals surface area contributed by atoms with E-state index in [4.69, 9.17) is 0 Å². The predicted octanol–water partition coefficient (Wildman–Crippen LogP) is 1.86. The zero-order valence-corrected chi connectivity index (χ0v) is 12.2. The molecule has 1 rings (SSSR count). The number of nitrogens with zero attached hydrogens (tertiary/aromatic N) is 1. The second-order valence-electron chi connectivity index (χ2n) is 6.76. The van der Waals surface area contributed by atoms with E-state index in [0.717, 1.165) is 6.42 Å². The van der Waals surface area contributed by atoms with Gasteiger partial charge in [-0.25, -0.2) is 0 Å². The van der Waals surface area contributed by atoms with Crippen molar-refractivity contribution in [3.05, 3.63) is 0 Å². The third-order valence-corrected chi connectivity index (χ3v) is 4.25. The van der Waals surface area contributed by atoms with E-state index >= 15 is 0 Å². The average molecular weight is 242 g/mol. The Hall–Kier alpha value is -0.120. The fraction of sp³-hybridized carbons (Fsp3) is 1.00. The quantitative estimate of drug-likeness (QED) is 0.772. The monoisotopic (exact) mass is 242 g/mol. The van der Waals surface area contributed by atoms with Gasteiger partial charge in [-0.3, -0.25) is 0 Å². The highest BCUT2D eigenvalue weighted by molar-refractivity contribution is 4.89. The highest BCUT2D eigenvalue weighted by atomic mass is 16.3. The van der Waals surface area contributed by atoms with E-state index in [9.17, 15) is 5.11 Å². The molecule has 3 heteroatoms. The first kappa shape index (κ1) is 14.9. The number of aliphatic hydroxyl groups is 1. The standard InChI is InChI=1S/C14H30N2O/c1-12(9-14(4,11-17)15-5)16-8-6-7-13(2,3)10-16/h12,15,17H,6-11H2,1-5H3. The number of likely N-dealkylation sites (tertiary alicyclic amines) is 1. The van der Waals surface area contributed by atoms with Gasteiger partial charge in [0.2, 0.25) is 0 Å². The molecule has 1 saturated heterocycles. The number of nitrogens with one attached hydrogen (secondary N) is 1. The normalized spacial score (nSPS) is 26.5. The molecule has 1 aliphatic heterocycles. The molecule has 2 unspecified atom stereocenters. The molecular formula is C14H30N2O. The summed E-state index contributed by atoms with van der Waals surface area (Å²) in [5.41, 5.74) is 0.294. The Morgan fingerprint density at radius 3 is 2.59 bits per heavy atom. The van der Waals surface area contributed by atoms with E-state index in [1.807, 2.05) is 7.05 Å². The number of rotatable bonds is 5. The Morgan fingerprint density at radius 2 is 2.12 bits per heavy atom. The lowest BCUT2D eigenvalue weighted by atomic mass is 9.82. The summed E-state index contributed by atoms with van der Waals surface area (Å²) in [5.74, 6) is 0.